The molecule has 2 saturated heterocycles. The van der Waals surface area contributed by atoms with Gasteiger partial charge >= 0.3 is 0 Å². The number of pyridine rings is 1. The molecule has 3 aliphatic heterocycles. The van der Waals surface area contributed by atoms with Crippen molar-refractivity contribution in [2.75, 3.05) is 63.6 Å². The molecule has 1 atom stereocenters. The maximum atomic E-state index is 15.2. The number of amides is 1. The first-order chi connectivity index (χ1) is 33.5. The van der Waals surface area contributed by atoms with Gasteiger partial charge in [0, 0.05) is 73.3 Å². The standard InChI is InChI=1S/C56H67FN8O4/c1-38(29-53-41(4)58-21-16-51(53)46-12-15-55(39(2)30-46)59-40(3)37-69-5)33-62-22-17-43(18-23-62)42-8-10-45(11-9-42)56(68)64-26-27-65-50(35-64)31-49(61-65)34-63-24-19-44(20-25-63)52-14-13-47(32-54(52)57)60-48(36-67)7-6-28-66/h8-16,21,28-32,36,43-44,48,59-60H,3,6-7,17-20,22-27,33-35,37H2,1-2,4-5H3/b38-29+. The molecule has 13 heteroatoms. The minimum Gasteiger partial charge on any atom is -0.379 e. The molecule has 12 nitrogen and oxygen atoms in total. The fraction of sp³-hybridized carbons (Fsp3) is 0.411. The van der Waals surface area contributed by atoms with E-state index in [-0.39, 0.29) is 24.1 Å². The van der Waals surface area contributed by atoms with Crippen LogP contribution >= 0.6 is 0 Å². The van der Waals surface area contributed by atoms with Crippen molar-refractivity contribution in [3.05, 3.63) is 148 Å². The Kier molecular flexibility index (Phi) is 16.3. The molecule has 0 bridgehead atoms. The molecular weight excluding hydrogens is 868 g/mol. The Bertz CT molecular complexity index is 2640. The van der Waals surface area contributed by atoms with Crippen LogP contribution in [0.25, 0.3) is 17.2 Å². The molecule has 3 aliphatic rings. The number of aryl methyl sites for hydroxylation is 2. The van der Waals surface area contributed by atoms with E-state index in [9.17, 15) is 14.4 Å². The van der Waals surface area contributed by atoms with E-state index in [1.807, 2.05) is 40.0 Å². The zero-order chi connectivity index (χ0) is 48.4. The number of rotatable bonds is 19. The maximum Gasteiger partial charge on any atom is 0.254 e. The summed E-state index contributed by atoms with van der Waals surface area (Å²) in [5, 5.41) is 11.3. The first kappa shape index (κ1) is 49.2. The van der Waals surface area contributed by atoms with Crippen LogP contribution in [0.15, 0.2) is 96.8 Å². The van der Waals surface area contributed by atoms with Crippen LogP contribution < -0.4 is 10.6 Å². The quantitative estimate of drug-likeness (QED) is 0.0774. The summed E-state index contributed by atoms with van der Waals surface area (Å²) in [5.74, 6) is 0.348. The minimum atomic E-state index is -0.526. The monoisotopic (exact) mass is 935 g/mol. The van der Waals surface area contributed by atoms with Crippen LogP contribution in [0.2, 0.25) is 0 Å². The number of likely N-dealkylation sites (tertiary alicyclic amines) is 2. The normalized spacial score (nSPS) is 16.8. The van der Waals surface area contributed by atoms with Gasteiger partial charge in [-0.2, -0.15) is 5.10 Å². The highest BCUT2D eigenvalue weighted by Gasteiger charge is 2.28. The van der Waals surface area contributed by atoms with Crippen molar-refractivity contribution in [2.24, 2.45) is 0 Å². The van der Waals surface area contributed by atoms with E-state index in [1.165, 1.54) is 22.8 Å². The number of carbonyl (C=O) groups is 3. The molecule has 2 N–H and O–H groups in total. The van der Waals surface area contributed by atoms with Gasteiger partial charge in [-0.25, -0.2) is 4.39 Å². The predicted molar refractivity (Wildman–Crippen MR) is 272 cm³/mol. The number of carbonyl (C=O) groups excluding carboxylic acids is 3. The summed E-state index contributed by atoms with van der Waals surface area (Å²) >= 11 is 0. The van der Waals surface area contributed by atoms with Crippen molar-refractivity contribution in [3.8, 4) is 11.1 Å². The first-order valence-corrected chi connectivity index (χ1v) is 24.5. The molecule has 69 heavy (non-hydrogen) atoms. The molecule has 1 amide bonds. The summed E-state index contributed by atoms with van der Waals surface area (Å²) in [7, 11) is 1.67. The lowest BCUT2D eigenvalue weighted by atomic mass is 9.88. The summed E-state index contributed by atoms with van der Waals surface area (Å²) in [5.41, 5.74) is 14.1. The molecule has 362 valence electrons. The third kappa shape index (κ3) is 12.3. The molecule has 5 heterocycles. The first-order valence-electron chi connectivity index (χ1n) is 24.5. The van der Waals surface area contributed by atoms with Gasteiger partial charge in [0.2, 0.25) is 0 Å². The number of piperidine rings is 2. The summed E-state index contributed by atoms with van der Waals surface area (Å²) in [4.78, 5) is 47.4. The molecule has 2 fully saturated rings. The van der Waals surface area contributed by atoms with Gasteiger partial charge in [-0.05, 0) is 167 Å². The van der Waals surface area contributed by atoms with E-state index >= 15 is 4.39 Å². The van der Waals surface area contributed by atoms with E-state index in [1.54, 1.807) is 7.11 Å². The van der Waals surface area contributed by atoms with Crippen molar-refractivity contribution in [2.45, 2.75) is 96.8 Å². The number of ether oxygens (including phenoxy) is 1. The van der Waals surface area contributed by atoms with Gasteiger partial charge in [-0.1, -0.05) is 42.5 Å². The number of halogens is 1. The third-order valence-electron chi connectivity index (χ3n) is 14.1. The number of nitrogens with one attached hydrogen (secondary N) is 2. The van der Waals surface area contributed by atoms with Crippen LogP contribution in [0.3, 0.4) is 0 Å². The molecule has 1 unspecified atom stereocenters. The summed E-state index contributed by atoms with van der Waals surface area (Å²) in [6.45, 7) is 18.0. The average Bonchev–Trinajstić information content (AvgIpc) is 3.76. The molecule has 0 spiro atoms. The second-order valence-electron chi connectivity index (χ2n) is 19.2. The Morgan fingerprint density at radius 1 is 0.913 bits per heavy atom. The topological polar surface area (TPSA) is 125 Å². The van der Waals surface area contributed by atoms with Gasteiger partial charge in [0.25, 0.3) is 5.91 Å². The number of nitrogens with zero attached hydrogens (tertiary/aromatic N) is 6. The Morgan fingerprint density at radius 2 is 1.67 bits per heavy atom. The number of aldehydes is 2. The molecule has 8 rings (SSSR count). The number of hydrogen-bond donors (Lipinski definition) is 2. The highest BCUT2D eigenvalue weighted by atomic mass is 19.1. The van der Waals surface area contributed by atoms with Crippen LogP contribution in [0, 0.1) is 19.7 Å². The van der Waals surface area contributed by atoms with Gasteiger partial charge in [0.15, 0.2) is 0 Å². The predicted octanol–water partition coefficient (Wildman–Crippen LogP) is 9.55. The van der Waals surface area contributed by atoms with Crippen molar-refractivity contribution in [1.29, 1.82) is 0 Å². The van der Waals surface area contributed by atoms with E-state index in [0.717, 1.165) is 122 Å². The Labute approximate surface area is 406 Å². The number of benzene rings is 3. The Balaban J connectivity index is 0.794. The van der Waals surface area contributed by atoms with E-state index < -0.39 is 6.04 Å². The van der Waals surface area contributed by atoms with Crippen LogP contribution in [-0.4, -0.2) is 107 Å². The van der Waals surface area contributed by atoms with Crippen LogP contribution in [0.4, 0.5) is 15.8 Å². The highest BCUT2D eigenvalue weighted by Crippen LogP contribution is 2.34. The molecule has 3 aromatic carbocycles. The van der Waals surface area contributed by atoms with Crippen LogP contribution in [0.1, 0.15) is 107 Å². The van der Waals surface area contributed by atoms with Gasteiger partial charge in [0.1, 0.15) is 18.4 Å². The number of aromatic nitrogens is 3. The highest BCUT2D eigenvalue weighted by molar-refractivity contribution is 5.94. The van der Waals surface area contributed by atoms with Crippen LogP contribution in [-0.2, 0) is 34.0 Å². The SMILES string of the molecule is C=C(COC)Nc1ccc(-c2ccnc(C)c2/C=C(\C)CN2CCC(c3ccc(C(=O)N4CCn5nc(CN6CCC(c7ccc(NC(C=O)CCC=O)cc7F)CC6)cc5C4)cc3)CC2)cc1C. The van der Waals surface area contributed by atoms with Crippen LogP contribution in [0.5, 0.6) is 0 Å². The summed E-state index contributed by atoms with van der Waals surface area (Å²) < 4.78 is 22.5. The largest absolute Gasteiger partial charge is 0.379 e. The van der Waals surface area contributed by atoms with E-state index in [2.05, 4.69) is 101 Å². The average molecular weight is 935 g/mol. The Hall–Kier alpha value is -6.28. The molecular formula is C56H67FN8O4. The maximum absolute atomic E-state index is 15.2. The molecule has 2 aromatic heterocycles. The molecule has 0 aliphatic carbocycles. The number of hydrogen-bond acceptors (Lipinski definition) is 10. The van der Waals surface area contributed by atoms with Gasteiger partial charge < -0.3 is 29.9 Å². The fourth-order valence-corrected chi connectivity index (χ4v) is 10.3. The lowest BCUT2D eigenvalue weighted by molar-refractivity contribution is -0.109. The molecule has 5 aromatic rings. The lowest BCUT2D eigenvalue weighted by Gasteiger charge is -2.32. The van der Waals surface area contributed by atoms with Crippen molar-refractivity contribution >= 4 is 35.9 Å². The van der Waals surface area contributed by atoms with Crippen molar-refractivity contribution in [1.82, 2.24) is 29.5 Å². The fourth-order valence-electron chi connectivity index (χ4n) is 10.3. The second-order valence-corrected chi connectivity index (χ2v) is 19.2. The number of anilines is 2. The summed E-state index contributed by atoms with van der Waals surface area (Å²) in [6.07, 6.45) is 10.2. The lowest BCUT2D eigenvalue weighted by Crippen LogP contribution is -2.38. The molecule has 0 saturated carbocycles. The van der Waals surface area contributed by atoms with Gasteiger partial charge in [0.05, 0.1) is 37.1 Å². The van der Waals surface area contributed by atoms with Gasteiger partial charge in [-0.15, -0.1) is 0 Å². The third-order valence-corrected chi connectivity index (χ3v) is 14.1. The Morgan fingerprint density at radius 3 is 2.38 bits per heavy atom. The van der Waals surface area contributed by atoms with E-state index in [4.69, 9.17) is 9.84 Å². The number of fused-ring (bicyclic) bond motifs is 1. The molecule has 0 radical (unpaired) electrons. The van der Waals surface area contributed by atoms with Crippen molar-refractivity contribution in [3.63, 3.8) is 0 Å². The van der Waals surface area contributed by atoms with Crippen molar-refractivity contribution < 1.29 is 23.5 Å². The summed E-state index contributed by atoms with van der Waals surface area (Å²) in [6, 6.07) is 23.6. The zero-order valence-electron chi connectivity index (χ0n) is 40.7. The second kappa shape index (κ2) is 22.9. The van der Waals surface area contributed by atoms with E-state index in [0.29, 0.717) is 56.4 Å². The minimum absolute atomic E-state index is 0.0487. The smallest absolute Gasteiger partial charge is 0.254 e. The van der Waals surface area contributed by atoms with Gasteiger partial charge in [-0.3, -0.25) is 24.3 Å². The number of methoxy groups -OCH3 is 1. The zero-order valence-corrected chi connectivity index (χ0v) is 40.7.